The Morgan fingerprint density at radius 3 is 2.54 bits per heavy atom. The molecule has 0 unspecified atom stereocenters. The molecule has 0 N–H and O–H groups in total. The Hall–Kier alpha value is -5.12. The van der Waals surface area contributed by atoms with Crippen molar-refractivity contribution in [2.75, 3.05) is 20.8 Å². The number of nitrogens with zero attached hydrogens (tertiary/aromatic N) is 3. The van der Waals surface area contributed by atoms with Gasteiger partial charge in [-0.1, -0.05) is 71.5 Å². The van der Waals surface area contributed by atoms with Crippen molar-refractivity contribution in [1.29, 1.82) is 0 Å². The summed E-state index contributed by atoms with van der Waals surface area (Å²) < 4.78 is 21.2. The molecular formula is C38H32ClN3O5S. The van der Waals surface area contributed by atoms with Gasteiger partial charge in [-0.3, -0.25) is 9.36 Å². The summed E-state index contributed by atoms with van der Waals surface area (Å²) in [5, 5.41) is 3.38. The van der Waals surface area contributed by atoms with Crippen LogP contribution in [-0.4, -0.2) is 35.9 Å². The number of hydrogen-bond donors (Lipinski definition) is 0. The summed E-state index contributed by atoms with van der Waals surface area (Å²) in [5.74, 6) is 0.619. The Kier molecular flexibility index (Phi) is 8.41. The van der Waals surface area contributed by atoms with Crippen LogP contribution in [0, 0.1) is 0 Å². The molecule has 0 radical (unpaired) electrons. The molecule has 0 amide bonds. The number of hydrogen-bond acceptors (Lipinski definition) is 7. The third kappa shape index (κ3) is 5.38. The van der Waals surface area contributed by atoms with Crippen molar-refractivity contribution in [3.63, 3.8) is 0 Å². The second-order valence-electron chi connectivity index (χ2n) is 11.4. The average molecular weight is 678 g/mol. The lowest BCUT2D eigenvalue weighted by Crippen LogP contribution is -2.40. The molecule has 6 aromatic rings. The molecule has 48 heavy (non-hydrogen) atoms. The Balaban J connectivity index is 1.47. The van der Waals surface area contributed by atoms with Crippen molar-refractivity contribution in [2.24, 2.45) is 4.99 Å². The highest BCUT2D eigenvalue weighted by atomic mass is 35.5. The molecule has 2 aromatic heterocycles. The summed E-state index contributed by atoms with van der Waals surface area (Å²) in [4.78, 5) is 33.5. The third-order valence-electron chi connectivity index (χ3n) is 8.65. The van der Waals surface area contributed by atoms with Gasteiger partial charge in [0.1, 0.15) is 17.5 Å². The van der Waals surface area contributed by atoms with Crippen LogP contribution in [0.15, 0.2) is 106 Å². The van der Waals surface area contributed by atoms with Gasteiger partial charge in [-0.2, -0.15) is 0 Å². The van der Waals surface area contributed by atoms with Gasteiger partial charge in [0.15, 0.2) is 4.80 Å². The molecule has 0 bridgehead atoms. The summed E-state index contributed by atoms with van der Waals surface area (Å²) in [6.07, 6.45) is 3.94. The van der Waals surface area contributed by atoms with Crippen LogP contribution in [0.2, 0.25) is 5.02 Å². The van der Waals surface area contributed by atoms with Gasteiger partial charge in [0, 0.05) is 39.8 Å². The maximum absolute atomic E-state index is 14.6. The minimum absolute atomic E-state index is 0.172. The molecule has 7 rings (SSSR count). The molecule has 0 fully saturated rings. The molecular weight excluding hydrogens is 646 g/mol. The SMILES string of the molecule is CCOC(=O)C1=C(C)N=c2s/c(=C\c3cn(Cc4ccccc4Cl)c4ccccc34)c(=O)n2[C@@H]1c1c(OC)ccc2ccc(OC)cc12. The van der Waals surface area contributed by atoms with Crippen LogP contribution in [0.4, 0.5) is 0 Å². The number of methoxy groups -OCH3 is 2. The lowest BCUT2D eigenvalue weighted by molar-refractivity contribution is -0.139. The zero-order chi connectivity index (χ0) is 33.5. The van der Waals surface area contributed by atoms with Crippen molar-refractivity contribution in [3.05, 3.63) is 138 Å². The number of allylic oxidation sites excluding steroid dienone is 1. The third-order valence-corrected chi connectivity index (χ3v) is 10.00. The Labute approximate surface area is 285 Å². The van der Waals surface area contributed by atoms with Crippen LogP contribution in [0.1, 0.15) is 36.6 Å². The maximum atomic E-state index is 14.6. The normalized spacial score (nSPS) is 14.7. The van der Waals surface area contributed by atoms with Gasteiger partial charge in [-0.25, -0.2) is 9.79 Å². The average Bonchev–Trinajstić information content (AvgIpc) is 3.60. The van der Waals surface area contributed by atoms with E-state index >= 15 is 0 Å². The number of para-hydroxylation sites is 1. The number of carbonyl (C=O) groups is 1. The lowest BCUT2D eigenvalue weighted by atomic mass is 9.90. The highest BCUT2D eigenvalue weighted by Gasteiger charge is 2.36. The van der Waals surface area contributed by atoms with E-state index in [1.807, 2.05) is 85.1 Å². The zero-order valence-corrected chi connectivity index (χ0v) is 28.4. The summed E-state index contributed by atoms with van der Waals surface area (Å²) in [6.45, 7) is 4.27. The number of halogens is 1. The number of aromatic nitrogens is 2. The van der Waals surface area contributed by atoms with Crippen LogP contribution < -0.4 is 24.4 Å². The van der Waals surface area contributed by atoms with Crippen LogP contribution >= 0.6 is 22.9 Å². The molecule has 0 saturated heterocycles. The first-order valence-electron chi connectivity index (χ1n) is 15.5. The minimum Gasteiger partial charge on any atom is -0.497 e. The van der Waals surface area contributed by atoms with Crippen molar-refractivity contribution in [3.8, 4) is 11.5 Å². The summed E-state index contributed by atoms with van der Waals surface area (Å²) in [5.41, 5.74) is 4.02. The molecule has 242 valence electrons. The quantitative estimate of drug-likeness (QED) is 0.169. The Bertz CT molecular complexity index is 2450. The van der Waals surface area contributed by atoms with Gasteiger partial charge in [0.05, 0.1) is 36.6 Å². The molecule has 4 aromatic carbocycles. The molecule has 1 aliphatic heterocycles. The molecule has 0 spiro atoms. The number of rotatable bonds is 8. The predicted molar refractivity (Wildman–Crippen MR) is 190 cm³/mol. The van der Waals surface area contributed by atoms with E-state index in [1.165, 1.54) is 11.3 Å². The second-order valence-corrected chi connectivity index (χ2v) is 12.8. The number of ether oxygens (including phenoxy) is 3. The molecule has 3 heterocycles. The smallest absolute Gasteiger partial charge is 0.338 e. The summed E-state index contributed by atoms with van der Waals surface area (Å²) >= 11 is 7.80. The topological polar surface area (TPSA) is 84.1 Å². The van der Waals surface area contributed by atoms with Gasteiger partial charge in [0.2, 0.25) is 0 Å². The Morgan fingerprint density at radius 1 is 1.00 bits per heavy atom. The lowest BCUT2D eigenvalue weighted by Gasteiger charge is -2.27. The molecule has 0 aliphatic carbocycles. The number of fused-ring (bicyclic) bond motifs is 3. The van der Waals surface area contributed by atoms with Gasteiger partial charge >= 0.3 is 5.97 Å². The van der Waals surface area contributed by atoms with E-state index in [-0.39, 0.29) is 17.7 Å². The van der Waals surface area contributed by atoms with Crippen molar-refractivity contribution in [2.45, 2.75) is 26.4 Å². The van der Waals surface area contributed by atoms with Crippen molar-refractivity contribution in [1.82, 2.24) is 9.13 Å². The number of thiazole rings is 1. The number of carbonyl (C=O) groups excluding carboxylic acids is 1. The Morgan fingerprint density at radius 2 is 1.77 bits per heavy atom. The van der Waals surface area contributed by atoms with Gasteiger partial charge in [0.25, 0.3) is 5.56 Å². The zero-order valence-electron chi connectivity index (χ0n) is 26.8. The standard InChI is InChI=1S/C38H32ClN3O5S/c1-5-47-37(44)33-22(2)40-38-42(35(33)34-28-19-26(45-3)16-14-23(28)15-17-31(34)46-4)36(43)32(48-38)18-25-21-41(30-13-9-7-11-27(25)30)20-24-10-6-8-12-29(24)39/h6-19,21,35H,5,20H2,1-4H3/b32-18-/t35-/m0/s1. The number of benzene rings is 4. The van der Waals surface area contributed by atoms with Crippen LogP contribution in [0.5, 0.6) is 11.5 Å². The predicted octanol–water partition coefficient (Wildman–Crippen LogP) is 6.63. The first kappa shape index (κ1) is 31.5. The monoisotopic (exact) mass is 677 g/mol. The first-order valence-corrected chi connectivity index (χ1v) is 16.7. The van der Waals surface area contributed by atoms with Crippen molar-refractivity contribution < 1.29 is 19.0 Å². The molecule has 10 heteroatoms. The highest BCUT2D eigenvalue weighted by Crippen LogP contribution is 2.41. The van der Waals surface area contributed by atoms with Gasteiger partial charge in [-0.15, -0.1) is 0 Å². The summed E-state index contributed by atoms with van der Waals surface area (Å²) in [6, 6.07) is 24.5. The largest absolute Gasteiger partial charge is 0.497 e. The van der Waals surface area contributed by atoms with Crippen LogP contribution in [0.25, 0.3) is 27.8 Å². The first-order chi connectivity index (χ1) is 23.3. The van der Waals surface area contributed by atoms with Gasteiger partial charge in [-0.05, 0) is 66.6 Å². The highest BCUT2D eigenvalue weighted by molar-refractivity contribution is 7.07. The summed E-state index contributed by atoms with van der Waals surface area (Å²) in [7, 11) is 3.18. The fourth-order valence-corrected chi connectivity index (χ4v) is 7.66. The van der Waals surface area contributed by atoms with E-state index < -0.39 is 12.0 Å². The second kappa shape index (κ2) is 12.8. The van der Waals surface area contributed by atoms with Crippen molar-refractivity contribution >= 4 is 56.7 Å². The van der Waals surface area contributed by atoms with Gasteiger partial charge < -0.3 is 18.8 Å². The van der Waals surface area contributed by atoms with E-state index in [0.29, 0.717) is 43.7 Å². The maximum Gasteiger partial charge on any atom is 0.338 e. The molecule has 1 atom stereocenters. The fraction of sp³-hybridized carbons (Fsp3) is 0.184. The number of esters is 1. The van der Waals surface area contributed by atoms with E-state index in [9.17, 15) is 9.59 Å². The molecule has 0 saturated carbocycles. The van der Waals surface area contributed by atoms with Crippen LogP contribution in [-0.2, 0) is 16.1 Å². The van der Waals surface area contributed by atoms with E-state index in [0.717, 1.165) is 32.8 Å². The fourth-order valence-electron chi connectivity index (χ4n) is 6.43. The van der Waals surface area contributed by atoms with E-state index in [2.05, 4.69) is 10.6 Å². The molecule has 8 nitrogen and oxygen atoms in total. The van der Waals surface area contributed by atoms with E-state index in [4.69, 9.17) is 30.8 Å². The van der Waals surface area contributed by atoms with Crippen LogP contribution in [0.3, 0.4) is 0 Å². The molecule has 1 aliphatic rings. The minimum atomic E-state index is -0.866. The van der Waals surface area contributed by atoms with E-state index in [1.54, 1.807) is 32.6 Å².